The van der Waals surface area contributed by atoms with Gasteiger partial charge in [-0.05, 0) is 48.4 Å². The first-order valence-corrected chi connectivity index (χ1v) is 8.03. The molecule has 2 rings (SSSR count). The van der Waals surface area contributed by atoms with Crippen LogP contribution in [0.4, 0.5) is 0 Å². The molecule has 1 aliphatic heterocycles. The predicted octanol–water partition coefficient (Wildman–Crippen LogP) is 4.10. The molecule has 1 saturated heterocycles. The van der Waals surface area contributed by atoms with Crippen LogP contribution in [0.3, 0.4) is 0 Å². The Morgan fingerprint density at radius 3 is 2.62 bits per heavy atom. The van der Waals surface area contributed by atoms with Crippen LogP contribution in [0.2, 0.25) is 5.02 Å². The van der Waals surface area contributed by atoms with E-state index in [9.17, 15) is 4.79 Å². The molecule has 1 heterocycles. The number of halogens is 1. The predicted molar refractivity (Wildman–Crippen MR) is 86.0 cm³/mol. The number of nitrogens with zero attached hydrogens (tertiary/aromatic N) is 1. The van der Waals surface area contributed by atoms with Crippen LogP contribution >= 0.6 is 11.6 Å². The molecule has 0 bridgehead atoms. The van der Waals surface area contributed by atoms with Gasteiger partial charge < -0.3 is 9.64 Å². The molecule has 1 aromatic rings. The second-order valence-electron chi connectivity index (χ2n) is 6.10. The Hall–Kier alpha value is -1.22. The average Bonchev–Trinajstić information content (AvgIpc) is 2.46. The quantitative estimate of drug-likeness (QED) is 0.838. The second-order valence-corrected chi connectivity index (χ2v) is 6.53. The van der Waals surface area contributed by atoms with E-state index < -0.39 is 0 Å². The molecule has 1 aliphatic rings. The fourth-order valence-electron chi connectivity index (χ4n) is 2.72. The minimum Gasteiger partial charge on any atom is -0.493 e. The van der Waals surface area contributed by atoms with Crippen LogP contribution in [-0.2, 0) is 4.79 Å². The SMILES string of the molecule is CC(=O)N1CCC(COc2ccc(Cl)cc2C(C)C)CC1. The average molecular weight is 310 g/mol. The number of likely N-dealkylation sites (tertiary alicyclic amines) is 1. The fourth-order valence-corrected chi connectivity index (χ4v) is 2.90. The maximum absolute atomic E-state index is 11.3. The summed E-state index contributed by atoms with van der Waals surface area (Å²) in [7, 11) is 0. The number of hydrogen-bond acceptors (Lipinski definition) is 2. The molecule has 0 aliphatic carbocycles. The number of piperidine rings is 1. The molecule has 4 heteroatoms. The van der Waals surface area contributed by atoms with E-state index in [0.29, 0.717) is 18.4 Å². The summed E-state index contributed by atoms with van der Waals surface area (Å²) >= 11 is 6.06. The number of carbonyl (C=O) groups excluding carboxylic acids is 1. The zero-order valence-corrected chi connectivity index (χ0v) is 13.8. The van der Waals surface area contributed by atoms with Crippen LogP contribution in [0.15, 0.2) is 18.2 Å². The van der Waals surface area contributed by atoms with Gasteiger partial charge in [0.15, 0.2) is 0 Å². The summed E-state index contributed by atoms with van der Waals surface area (Å²) in [5.41, 5.74) is 1.16. The molecule has 21 heavy (non-hydrogen) atoms. The smallest absolute Gasteiger partial charge is 0.219 e. The van der Waals surface area contributed by atoms with Crippen LogP contribution in [0.1, 0.15) is 45.1 Å². The van der Waals surface area contributed by atoms with Crippen molar-refractivity contribution in [3.63, 3.8) is 0 Å². The van der Waals surface area contributed by atoms with Crippen molar-refractivity contribution in [2.24, 2.45) is 5.92 Å². The van der Waals surface area contributed by atoms with E-state index >= 15 is 0 Å². The summed E-state index contributed by atoms with van der Waals surface area (Å²) in [5.74, 6) is 2.02. The van der Waals surface area contributed by atoms with Gasteiger partial charge in [0.05, 0.1) is 6.61 Å². The molecule has 0 aromatic heterocycles. The number of ether oxygens (including phenoxy) is 1. The van der Waals surface area contributed by atoms with Crippen LogP contribution in [0, 0.1) is 5.92 Å². The van der Waals surface area contributed by atoms with Gasteiger partial charge in [0.1, 0.15) is 5.75 Å². The lowest BCUT2D eigenvalue weighted by molar-refractivity contribution is -0.130. The third-order valence-electron chi connectivity index (χ3n) is 4.13. The minimum atomic E-state index is 0.175. The van der Waals surface area contributed by atoms with Gasteiger partial charge in [0.25, 0.3) is 0 Å². The van der Waals surface area contributed by atoms with Crippen LogP contribution in [0.25, 0.3) is 0 Å². The highest BCUT2D eigenvalue weighted by Gasteiger charge is 2.21. The monoisotopic (exact) mass is 309 g/mol. The largest absolute Gasteiger partial charge is 0.493 e. The summed E-state index contributed by atoms with van der Waals surface area (Å²) in [4.78, 5) is 13.2. The molecule has 116 valence electrons. The van der Waals surface area contributed by atoms with Gasteiger partial charge in [0.2, 0.25) is 5.91 Å². The third kappa shape index (κ3) is 4.37. The van der Waals surface area contributed by atoms with Crippen LogP contribution in [0.5, 0.6) is 5.75 Å². The molecule has 0 radical (unpaired) electrons. The Morgan fingerprint density at radius 1 is 1.38 bits per heavy atom. The lowest BCUT2D eigenvalue weighted by atomic mass is 9.97. The van der Waals surface area contributed by atoms with Crippen molar-refractivity contribution in [3.8, 4) is 5.75 Å². The molecular formula is C17H24ClNO2. The van der Waals surface area contributed by atoms with E-state index in [-0.39, 0.29) is 5.91 Å². The van der Waals surface area contributed by atoms with Crippen molar-refractivity contribution >= 4 is 17.5 Å². The second kappa shape index (κ2) is 7.17. The molecule has 0 saturated carbocycles. The van der Waals surface area contributed by atoms with Crippen LogP contribution in [-0.4, -0.2) is 30.5 Å². The van der Waals surface area contributed by atoms with Crippen molar-refractivity contribution in [3.05, 3.63) is 28.8 Å². The van der Waals surface area contributed by atoms with Gasteiger partial charge in [-0.2, -0.15) is 0 Å². The summed E-state index contributed by atoms with van der Waals surface area (Å²) in [5, 5.41) is 0.751. The first-order chi connectivity index (χ1) is 9.97. The molecule has 3 nitrogen and oxygen atoms in total. The van der Waals surface area contributed by atoms with Crippen molar-refractivity contribution in [1.29, 1.82) is 0 Å². The maximum Gasteiger partial charge on any atom is 0.219 e. The summed E-state index contributed by atoms with van der Waals surface area (Å²) in [6.45, 7) is 8.34. The fraction of sp³-hybridized carbons (Fsp3) is 0.588. The van der Waals surface area contributed by atoms with E-state index in [0.717, 1.165) is 42.3 Å². The zero-order chi connectivity index (χ0) is 15.4. The van der Waals surface area contributed by atoms with Gasteiger partial charge in [0, 0.05) is 25.0 Å². The highest BCUT2D eigenvalue weighted by molar-refractivity contribution is 6.30. The zero-order valence-electron chi connectivity index (χ0n) is 13.1. The Morgan fingerprint density at radius 2 is 2.05 bits per heavy atom. The molecule has 1 amide bonds. The molecule has 1 aromatic carbocycles. The Labute approximate surface area is 132 Å². The van der Waals surface area contributed by atoms with E-state index in [2.05, 4.69) is 13.8 Å². The van der Waals surface area contributed by atoms with E-state index in [1.54, 1.807) is 6.92 Å². The van der Waals surface area contributed by atoms with E-state index in [4.69, 9.17) is 16.3 Å². The molecule has 0 N–H and O–H groups in total. The molecule has 0 unspecified atom stereocenters. The number of amides is 1. The molecule has 0 atom stereocenters. The highest BCUT2D eigenvalue weighted by atomic mass is 35.5. The summed E-state index contributed by atoms with van der Waals surface area (Å²) < 4.78 is 6.03. The Kier molecular flexibility index (Phi) is 5.51. The lowest BCUT2D eigenvalue weighted by Crippen LogP contribution is -2.38. The first-order valence-electron chi connectivity index (χ1n) is 7.65. The molecular weight excluding hydrogens is 286 g/mol. The Balaban J connectivity index is 1.91. The van der Waals surface area contributed by atoms with E-state index in [1.165, 1.54) is 0 Å². The number of rotatable bonds is 4. The standard InChI is InChI=1S/C17H24ClNO2/c1-12(2)16-10-15(18)4-5-17(16)21-11-14-6-8-19(9-7-14)13(3)20/h4-5,10,12,14H,6-9,11H2,1-3H3. The topological polar surface area (TPSA) is 29.5 Å². The number of hydrogen-bond donors (Lipinski definition) is 0. The first kappa shape index (κ1) is 16.2. The lowest BCUT2D eigenvalue weighted by Gasteiger charge is -2.31. The van der Waals surface area contributed by atoms with Gasteiger partial charge in [-0.15, -0.1) is 0 Å². The van der Waals surface area contributed by atoms with Crippen LogP contribution < -0.4 is 4.74 Å². The molecule has 1 fully saturated rings. The Bertz CT molecular complexity index is 494. The highest BCUT2D eigenvalue weighted by Crippen LogP contribution is 2.30. The van der Waals surface area contributed by atoms with E-state index in [1.807, 2.05) is 23.1 Å². The maximum atomic E-state index is 11.3. The van der Waals surface area contributed by atoms with Crippen molar-refractivity contribution in [2.45, 2.75) is 39.5 Å². The van der Waals surface area contributed by atoms with Crippen molar-refractivity contribution < 1.29 is 9.53 Å². The van der Waals surface area contributed by atoms with Crippen molar-refractivity contribution in [2.75, 3.05) is 19.7 Å². The molecule has 0 spiro atoms. The summed E-state index contributed by atoms with van der Waals surface area (Å²) in [6.07, 6.45) is 2.04. The third-order valence-corrected chi connectivity index (χ3v) is 4.36. The van der Waals surface area contributed by atoms with Gasteiger partial charge >= 0.3 is 0 Å². The van der Waals surface area contributed by atoms with Gasteiger partial charge in [-0.1, -0.05) is 25.4 Å². The van der Waals surface area contributed by atoms with Crippen molar-refractivity contribution in [1.82, 2.24) is 4.90 Å². The normalized spacial score (nSPS) is 16.3. The number of benzene rings is 1. The minimum absolute atomic E-state index is 0.175. The van der Waals surface area contributed by atoms with Gasteiger partial charge in [-0.25, -0.2) is 0 Å². The van der Waals surface area contributed by atoms with Gasteiger partial charge in [-0.3, -0.25) is 4.79 Å². The number of carbonyl (C=O) groups is 1. The summed E-state index contributed by atoms with van der Waals surface area (Å²) in [6, 6.07) is 5.82.